The molecule has 0 bridgehead atoms. The summed E-state index contributed by atoms with van der Waals surface area (Å²) >= 11 is 0. The van der Waals surface area contributed by atoms with Crippen LogP contribution in [-0.2, 0) is 6.18 Å². The molecule has 1 spiro atoms. The van der Waals surface area contributed by atoms with Crippen LogP contribution in [0.2, 0.25) is 0 Å². The van der Waals surface area contributed by atoms with Gasteiger partial charge in [-0.15, -0.1) is 0 Å². The molecule has 3 unspecified atom stereocenters. The zero-order valence-corrected chi connectivity index (χ0v) is 13.3. The molecule has 0 amide bonds. The number of rotatable bonds is 2. The number of hydrogen-bond acceptors (Lipinski definition) is 3. The molecular formula is C18H18F3N3. The van der Waals surface area contributed by atoms with Crippen molar-refractivity contribution in [3.8, 4) is 0 Å². The molecule has 3 nitrogen and oxygen atoms in total. The van der Waals surface area contributed by atoms with Crippen molar-refractivity contribution < 1.29 is 13.2 Å². The highest BCUT2D eigenvalue weighted by Gasteiger charge is 2.62. The molecule has 3 atom stereocenters. The highest BCUT2D eigenvalue weighted by molar-refractivity contribution is 5.45. The summed E-state index contributed by atoms with van der Waals surface area (Å²) in [6.07, 6.45) is 2.90. The maximum absolute atomic E-state index is 12.7. The highest BCUT2D eigenvalue weighted by atomic mass is 19.4. The van der Waals surface area contributed by atoms with E-state index < -0.39 is 11.7 Å². The van der Waals surface area contributed by atoms with Crippen LogP contribution < -0.4 is 4.90 Å². The molecule has 1 aromatic carbocycles. The Kier molecular flexibility index (Phi) is 3.34. The van der Waals surface area contributed by atoms with Crippen LogP contribution in [0.3, 0.4) is 0 Å². The fourth-order valence-corrected chi connectivity index (χ4v) is 4.21. The van der Waals surface area contributed by atoms with Gasteiger partial charge in [-0.25, -0.2) is 4.98 Å². The first kappa shape index (κ1) is 15.4. The second-order valence-corrected chi connectivity index (χ2v) is 6.79. The molecule has 1 aromatic heterocycles. The van der Waals surface area contributed by atoms with Crippen molar-refractivity contribution in [2.75, 3.05) is 11.4 Å². The van der Waals surface area contributed by atoms with E-state index in [4.69, 9.17) is 0 Å². The normalized spacial score (nSPS) is 29.2. The van der Waals surface area contributed by atoms with Gasteiger partial charge in [0.1, 0.15) is 5.82 Å². The summed E-state index contributed by atoms with van der Waals surface area (Å²) in [5.41, 5.74) is 0.578. The Bertz CT molecular complexity index is 729. The summed E-state index contributed by atoms with van der Waals surface area (Å²) in [6, 6.07) is 5.98. The minimum absolute atomic E-state index is 0.150. The van der Waals surface area contributed by atoms with Gasteiger partial charge in [0.05, 0.1) is 11.8 Å². The van der Waals surface area contributed by atoms with Gasteiger partial charge in [0.15, 0.2) is 0 Å². The molecule has 2 aromatic rings. The van der Waals surface area contributed by atoms with Gasteiger partial charge < -0.3 is 4.90 Å². The lowest BCUT2D eigenvalue weighted by molar-refractivity contribution is -0.137. The van der Waals surface area contributed by atoms with Gasteiger partial charge in [-0.2, -0.15) is 13.2 Å². The predicted octanol–water partition coefficient (Wildman–Crippen LogP) is 4.27. The number of nitrogens with zero attached hydrogens (tertiary/aromatic N) is 3. The molecule has 2 heterocycles. The fraction of sp³-hybridized carbons (Fsp3) is 0.444. The summed E-state index contributed by atoms with van der Waals surface area (Å²) in [5.74, 6) is 1.20. The van der Waals surface area contributed by atoms with Gasteiger partial charge in [0.2, 0.25) is 0 Å². The number of benzene rings is 1. The molecular weight excluding hydrogens is 315 g/mol. The van der Waals surface area contributed by atoms with Crippen molar-refractivity contribution in [1.82, 2.24) is 9.97 Å². The summed E-state index contributed by atoms with van der Waals surface area (Å²) < 4.78 is 38.1. The minimum atomic E-state index is -4.27. The molecule has 1 aliphatic carbocycles. The van der Waals surface area contributed by atoms with Crippen molar-refractivity contribution in [3.05, 3.63) is 54.0 Å². The molecule has 2 fully saturated rings. The van der Waals surface area contributed by atoms with E-state index in [2.05, 4.69) is 21.8 Å². The topological polar surface area (TPSA) is 29.0 Å². The van der Waals surface area contributed by atoms with Crippen molar-refractivity contribution in [2.24, 2.45) is 5.41 Å². The van der Waals surface area contributed by atoms with E-state index in [1.165, 1.54) is 12.1 Å². The van der Waals surface area contributed by atoms with Crippen LogP contribution in [0, 0.1) is 5.41 Å². The van der Waals surface area contributed by atoms with Gasteiger partial charge in [-0.1, -0.05) is 12.1 Å². The van der Waals surface area contributed by atoms with E-state index in [0.29, 0.717) is 12.0 Å². The third-order valence-electron chi connectivity index (χ3n) is 5.72. The van der Waals surface area contributed by atoms with Crippen molar-refractivity contribution in [1.29, 1.82) is 0 Å². The van der Waals surface area contributed by atoms with Crippen molar-refractivity contribution in [3.63, 3.8) is 0 Å². The number of anilines is 1. The number of halogens is 3. The van der Waals surface area contributed by atoms with Gasteiger partial charge in [0, 0.05) is 25.0 Å². The molecule has 126 valence electrons. The molecule has 0 radical (unpaired) electrons. The SMILES string of the molecule is CC1N(c2cnccn2)CCC12CC2c1ccc(C(F)(F)F)cc1. The molecule has 0 N–H and O–H groups in total. The first-order valence-electron chi connectivity index (χ1n) is 8.12. The first-order valence-corrected chi connectivity index (χ1v) is 8.12. The Labute approximate surface area is 138 Å². The Hall–Kier alpha value is -2.11. The quantitative estimate of drug-likeness (QED) is 0.822. The minimum Gasteiger partial charge on any atom is -0.352 e. The first-order chi connectivity index (χ1) is 11.4. The zero-order valence-electron chi connectivity index (χ0n) is 13.3. The average Bonchev–Trinajstić information content (AvgIpc) is 3.22. The van der Waals surface area contributed by atoms with E-state index >= 15 is 0 Å². The Balaban J connectivity index is 1.53. The maximum atomic E-state index is 12.7. The van der Waals surface area contributed by atoms with E-state index in [-0.39, 0.29) is 5.41 Å². The van der Waals surface area contributed by atoms with Crippen LogP contribution in [0.25, 0.3) is 0 Å². The maximum Gasteiger partial charge on any atom is 0.416 e. The third-order valence-corrected chi connectivity index (χ3v) is 5.72. The Morgan fingerprint density at radius 1 is 1.17 bits per heavy atom. The average molecular weight is 333 g/mol. The standard InChI is InChI=1S/C18H18F3N3/c1-12-17(6-9-24(12)16-11-22-7-8-23-16)10-15(17)13-2-4-14(5-3-13)18(19,20)21/h2-5,7-8,11-12,15H,6,9-10H2,1H3. The molecule has 2 aliphatic rings. The van der Waals surface area contributed by atoms with Crippen molar-refractivity contribution in [2.45, 2.75) is 37.9 Å². The van der Waals surface area contributed by atoms with Gasteiger partial charge in [-0.3, -0.25) is 4.98 Å². The van der Waals surface area contributed by atoms with Crippen LogP contribution in [0.15, 0.2) is 42.9 Å². The second kappa shape index (κ2) is 5.19. The monoisotopic (exact) mass is 333 g/mol. The lowest BCUT2D eigenvalue weighted by Crippen LogP contribution is -2.32. The lowest BCUT2D eigenvalue weighted by Gasteiger charge is -2.26. The molecule has 1 aliphatic heterocycles. The fourth-order valence-electron chi connectivity index (χ4n) is 4.21. The summed E-state index contributed by atoms with van der Waals surface area (Å²) in [6.45, 7) is 3.10. The molecule has 6 heteroatoms. The van der Waals surface area contributed by atoms with E-state index in [1.54, 1.807) is 30.7 Å². The Morgan fingerprint density at radius 2 is 1.92 bits per heavy atom. The molecule has 24 heavy (non-hydrogen) atoms. The van der Waals surface area contributed by atoms with E-state index in [0.717, 1.165) is 30.8 Å². The number of aromatic nitrogens is 2. The van der Waals surface area contributed by atoms with Crippen molar-refractivity contribution >= 4 is 5.82 Å². The zero-order chi connectivity index (χ0) is 16.9. The molecule has 1 saturated carbocycles. The van der Waals surface area contributed by atoms with Gasteiger partial charge >= 0.3 is 6.18 Å². The smallest absolute Gasteiger partial charge is 0.352 e. The predicted molar refractivity (Wildman–Crippen MR) is 84.7 cm³/mol. The van der Waals surface area contributed by atoms with Gasteiger partial charge in [-0.05, 0) is 48.8 Å². The van der Waals surface area contributed by atoms with E-state index in [9.17, 15) is 13.2 Å². The largest absolute Gasteiger partial charge is 0.416 e. The Morgan fingerprint density at radius 3 is 2.54 bits per heavy atom. The third kappa shape index (κ3) is 2.36. The van der Waals surface area contributed by atoms with Crippen LogP contribution in [0.5, 0.6) is 0 Å². The van der Waals surface area contributed by atoms with E-state index in [1.807, 2.05) is 0 Å². The summed E-state index contributed by atoms with van der Waals surface area (Å²) in [7, 11) is 0. The lowest BCUT2D eigenvalue weighted by atomic mass is 9.92. The summed E-state index contributed by atoms with van der Waals surface area (Å²) in [4.78, 5) is 10.8. The van der Waals surface area contributed by atoms with Crippen LogP contribution in [0.1, 0.15) is 36.8 Å². The van der Waals surface area contributed by atoms with Crippen LogP contribution in [0.4, 0.5) is 19.0 Å². The molecule has 1 saturated heterocycles. The van der Waals surface area contributed by atoms with Crippen LogP contribution >= 0.6 is 0 Å². The number of alkyl halides is 3. The highest BCUT2D eigenvalue weighted by Crippen LogP contribution is 2.67. The van der Waals surface area contributed by atoms with Gasteiger partial charge in [0.25, 0.3) is 0 Å². The van der Waals surface area contributed by atoms with Crippen LogP contribution in [-0.4, -0.2) is 22.6 Å². The summed E-state index contributed by atoms with van der Waals surface area (Å²) in [5, 5.41) is 0. The second-order valence-electron chi connectivity index (χ2n) is 6.79. The molecule has 4 rings (SSSR count). The number of hydrogen-bond donors (Lipinski definition) is 0.